The first-order valence-corrected chi connectivity index (χ1v) is 10.7. The molecule has 30 heavy (non-hydrogen) atoms. The molecule has 1 aromatic heterocycles. The lowest BCUT2D eigenvalue weighted by Gasteiger charge is -2.32. The van der Waals surface area contributed by atoms with Crippen LogP contribution in [0.1, 0.15) is 42.1 Å². The van der Waals surface area contributed by atoms with Gasteiger partial charge in [-0.05, 0) is 69.1 Å². The minimum absolute atomic E-state index is 0.0265. The van der Waals surface area contributed by atoms with Crippen molar-refractivity contribution in [1.29, 1.82) is 0 Å². The quantitative estimate of drug-likeness (QED) is 0.663. The average molecular weight is 405 g/mol. The standard InChI is InChI=1S/C24H28N4O2/c1-3-14-28-15-12-21(13-16-28)25-22(29)18-8-10-20(11-9-18)24-27-26-23(30-24)19-6-4-17(2)5-7-19/h4-11,21H,3,12-16H2,1-2H3,(H,25,29). The third-order valence-electron chi connectivity index (χ3n) is 5.58. The Morgan fingerprint density at radius 3 is 2.13 bits per heavy atom. The topological polar surface area (TPSA) is 71.3 Å². The van der Waals surface area contributed by atoms with Crippen LogP contribution in [0, 0.1) is 6.92 Å². The molecule has 6 heteroatoms. The largest absolute Gasteiger partial charge is 0.416 e. The Bertz CT molecular complexity index is 971. The number of likely N-dealkylation sites (tertiary alicyclic amines) is 1. The molecule has 0 aliphatic carbocycles. The van der Waals surface area contributed by atoms with Crippen molar-refractivity contribution in [3.05, 3.63) is 59.7 Å². The van der Waals surface area contributed by atoms with Crippen LogP contribution in [0.25, 0.3) is 22.9 Å². The Morgan fingerprint density at radius 1 is 1.00 bits per heavy atom. The Hall–Kier alpha value is -2.99. The number of amides is 1. The molecule has 6 nitrogen and oxygen atoms in total. The fourth-order valence-corrected chi connectivity index (χ4v) is 3.80. The highest BCUT2D eigenvalue weighted by atomic mass is 16.4. The normalized spacial score (nSPS) is 15.3. The van der Waals surface area contributed by atoms with Gasteiger partial charge in [0, 0.05) is 35.8 Å². The van der Waals surface area contributed by atoms with E-state index in [1.54, 1.807) is 0 Å². The molecule has 0 saturated carbocycles. The van der Waals surface area contributed by atoms with Gasteiger partial charge in [-0.2, -0.15) is 0 Å². The van der Waals surface area contributed by atoms with E-state index in [1.807, 2.05) is 55.5 Å². The van der Waals surface area contributed by atoms with Crippen LogP contribution >= 0.6 is 0 Å². The summed E-state index contributed by atoms with van der Waals surface area (Å²) in [5.41, 5.74) is 3.51. The first kappa shape index (κ1) is 20.3. The summed E-state index contributed by atoms with van der Waals surface area (Å²) in [7, 11) is 0. The van der Waals surface area contributed by atoms with E-state index < -0.39 is 0 Å². The molecule has 1 N–H and O–H groups in total. The highest BCUT2D eigenvalue weighted by molar-refractivity contribution is 5.94. The summed E-state index contributed by atoms with van der Waals surface area (Å²) in [4.78, 5) is 15.1. The molecule has 2 heterocycles. The molecule has 0 bridgehead atoms. The predicted molar refractivity (Wildman–Crippen MR) is 117 cm³/mol. The van der Waals surface area contributed by atoms with E-state index in [0.29, 0.717) is 17.3 Å². The van der Waals surface area contributed by atoms with Crippen molar-refractivity contribution in [2.24, 2.45) is 0 Å². The molecule has 0 radical (unpaired) electrons. The van der Waals surface area contributed by atoms with Gasteiger partial charge >= 0.3 is 0 Å². The van der Waals surface area contributed by atoms with Gasteiger partial charge in [-0.1, -0.05) is 24.6 Å². The van der Waals surface area contributed by atoms with Gasteiger partial charge in [0.05, 0.1) is 0 Å². The maximum atomic E-state index is 12.6. The first-order valence-electron chi connectivity index (χ1n) is 10.7. The number of hydrogen-bond acceptors (Lipinski definition) is 5. The molecule has 0 unspecified atom stereocenters. The van der Waals surface area contributed by atoms with E-state index >= 15 is 0 Å². The van der Waals surface area contributed by atoms with Crippen LogP contribution in [0.2, 0.25) is 0 Å². The molecule has 1 amide bonds. The highest BCUT2D eigenvalue weighted by Gasteiger charge is 2.20. The van der Waals surface area contributed by atoms with Crippen LogP contribution < -0.4 is 5.32 Å². The van der Waals surface area contributed by atoms with Crippen molar-refractivity contribution < 1.29 is 9.21 Å². The highest BCUT2D eigenvalue weighted by Crippen LogP contribution is 2.24. The molecule has 1 saturated heterocycles. The van der Waals surface area contributed by atoms with Crippen LogP contribution in [0.4, 0.5) is 0 Å². The minimum Gasteiger partial charge on any atom is -0.416 e. The zero-order chi connectivity index (χ0) is 20.9. The smallest absolute Gasteiger partial charge is 0.251 e. The van der Waals surface area contributed by atoms with Crippen LogP contribution in [0.5, 0.6) is 0 Å². The Morgan fingerprint density at radius 2 is 1.57 bits per heavy atom. The molecular weight excluding hydrogens is 376 g/mol. The van der Waals surface area contributed by atoms with Crippen molar-refractivity contribution in [2.75, 3.05) is 19.6 Å². The fraction of sp³-hybridized carbons (Fsp3) is 0.375. The zero-order valence-electron chi connectivity index (χ0n) is 17.6. The second-order valence-corrected chi connectivity index (χ2v) is 7.95. The van der Waals surface area contributed by atoms with Crippen molar-refractivity contribution in [1.82, 2.24) is 20.4 Å². The van der Waals surface area contributed by atoms with Gasteiger partial charge in [-0.25, -0.2) is 0 Å². The summed E-state index contributed by atoms with van der Waals surface area (Å²) < 4.78 is 5.82. The van der Waals surface area contributed by atoms with E-state index in [2.05, 4.69) is 27.3 Å². The summed E-state index contributed by atoms with van der Waals surface area (Å²) in [5.74, 6) is 0.906. The Labute approximate surface area is 177 Å². The van der Waals surface area contributed by atoms with Gasteiger partial charge in [0.15, 0.2) is 0 Å². The number of carbonyl (C=O) groups excluding carboxylic acids is 1. The number of aryl methyl sites for hydroxylation is 1. The van der Waals surface area contributed by atoms with Crippen LogP contribution in [0.3, 0.4) is 0 Å². The molecule has 0 spiro atoms. The number of nitrogens with zero attached hydrogens (tertiary/aromatic N) is 3. The number of benzene rings is 2. The summed E-state index contributed by atoms with van der Waals surface area (Å²) >= 11 is 0. The molecule has 0 atom stereocenters. The molecule has 4 rings (SSSR count). The lowest BCUT2D eigenvalue weighted by Crippen LogP contribution is -2.44. The molecule has 1 aliphatic rings. The lowest BCUT2D eigenvalue weighted by molar-refractivity contribution is 0.0911. The van der Waals surface area contributed by atoms with Crippen LogP contribution in [-0.2, 0) is 0 Å². The summed E-state index contributed by atoms with van der Waals surface area (Å²) in [6.07, 6.45) is 3.19. The van der Waals surface area contributed by atoms with Crippen molar-refractivity contribution in [3.63, 3.8) is 0 Å². The number of nitrogens with one attached hydrogen (secondary N) is 1. The van der Waals surface area contributed by atoms with Gasteiger partial charge < -0.3 is 14.6 Å². The predicted octanol–water partition coefficient (Wildman–Crippen LogP) is 4.32. The van der Waals surface area contributed by atoms with Crippen molar-refractivity contribution in [2.45, 2.75) is 39.2 Å². The van der Waals surface area contributed by atoms with Crippen LogP contribution in [-0.4, -0.2) is 46.7 Å². The summed E-state index contributed by atoms with van der Waals surface area (Å²) in [5, 5.41) is 11.5. The molecule has 1 aliphatic heterocycles. The number of rotatable bonds is 6. The SMILES string of the molecule is CCCN1CCC(NC(=O)c2ccc(-c3nnc(-c4ccc(C)cc4)o3)cc2)CC1. The second-order valence-electron chi connectivity index (χ2n) is 7.95. The van der Waals surface area contributed by atoms with Crippen LogP contribution in [0.15, 0.2) is 52.9 Å². The number of aromatic nitrogens is 2. The second kappa shape index (κ2) is 9.22. The third-order valence-corrected chi connectivity index (χ3v) is 5.58. The zero-order valence-corrected chi connectivity index (χ0v) is 17.6. The van der Waals surface area contributed by atoms with Gasteiger partial charge in [0.2, 0.25) is 11.8 Å². The third kappa shape index (κ3) is 4.76. The molecule has 156 valence electrons. The number of piperidine rings is 1. The Kier molecular flexibility index (Phi) is 6.23. The van der Waals surface area contributed by atoms with Crippen molar-refractivity contribution >= 4 is 5.91 Å². The number of carbonyl (C=O) groups is 1. The first-order chi connectivity index (χ1) is 14.6. The maximum absolute atomic E-state index is 12.6. The summed E-state index contributed by atoms with van der Waals surface area (Å²) in [6.45, 7) is 7.49. The average Bonchev–Trinajstić information content (AvgIpc) is 3.26. The monoisotopic (exact) mass is 404 g/mol. The fourth-order valence-electron chi connectivity index (χ4n) is 3.80. The summed E-state index contributed by atoms with van der Waals surface area (Å²) in [6, 6.07) is 15.5. The molecule has 2 aromatic carbocycles. The maximum Gasteiger partial charge on any atom is 0.251 e. The lowest BCUT2D eigenvalue weighted by atomic mass is 10.0. The van der Waals surface area contributed by atoms with Crippen molar-refractivity contribution in [3.8, 4) is 22.9 Å². The minimum atomic E-state index is -0.0265. The van der Waals surface area contributed by atoms with E-state index in [0.717, 1.165) is 43.6 Å². The van der Waals surface area contributed by atoms with Gasteiger partial charge in [0.25, 0.3) is 5.91 Å². The van der Waals surface area contributed by atoms with E-state index in [4.69, 9.17) is 4.42 Å². The molecule has 3 aromatic rings. The van der Waals surface area contributed by atoms with E-state index in [1.165, 1.54) is 12.0 Å². The van der Waals surface area contributed by atoms with E-state index in [-0.39, 0.29) is 11.9 Å². The van der Waals surface area contributed by atoms with Gasteiger partial charge in [-0.3, -0.25) is 4.79 Å². The molecular formula is C24H28N4O2. The molecule has 1 fully saturated rings. The number of hydrogen-bond donors (Lipinski definition) is 1. The van der Waals surface area contributed by atoms with Gasteiger partial charge in [0.1, 0.15) is 0 Å². The van der Waals surface area contributed by atoms with Gasteiger partial charge in [-0.15, -0.1) is 10.2 Å². The Balaban J connectivity index is 1.37. The van der Waals surface area contributed by atoms with E-state index in [9.17, 15) is 4.79 Å².